The zero-order valence-corrected chi connectivity index (χ0v) is 19.4. The van der Waals surface area contributed by atoms with E-state index in [2.05, 4.69) is 64.4 Å². The summed E-state index contributed by atoms with van der Waals surface area (Å²) in [6.07, 6.45) is 0.574. The molecule has 0 N–H and O–H groups in total. The molecule has 10 heteroatoms. The second-order valence-corrected chi connectivity index (χ2v) is 15.5. The van der Waals surface area contributed by atoms with Crippen LogP contribution >= 0.6 is 15.9 Å². The van der Waals surface area contributed by atoms with Crippen molar-refractivity contribution in [3.8, 4) is 0 Å². The summed E-state index contributed by atoms with van der Waals surface area (Å²) in [5.41, 5.74) is 0. The number of ether oxygens (including phenoxy) is 1. The lowest BCUT2D eigenvalue weighted by atomic mass is 10.4. The van der Waals surface area contributed by atoms with Crippen LogP contribution in [0.3, 0.4) is 0 Å². The molecule has 1 aromatic heterocycles. The topological polar surface area (TPSA) is 77.3 Å². The highest BCUT2D eigenvalue weighted by molar-refractivity contribution is 9.10. The maximum atomic E-state index is 12.6. The third-order valence-corrected chi connectivity index (χ3v) is 7.61. The van der Waals surface area contributed by atoms with Crippen molar-refractivity contribution in [2.75, 3.05) is 32.0 Å². The monoisotopic (exact) mass is 454 g/mol. The number of halogens is 1. The van der Waals surface area contributed by atoms with Crippen molar-refractivity contribution in [1.82, 2.24) is 19.7 Å². The SMILES string of the molecule is CCN(CC)CCCS(=O)(=O)c1nc(Br)nn1COCC[Si](C)(C)C. The third kappa shape index (κ3) is 8.29. The standard InChI is InChI=1S/C15H31BrN4O3SSi/c1-6-19(7-2)9-8-11-24(21,22)15-17-14(16)18-20(15)13-23-10-12-25(3,4)5/h6-13H2,1-5H3. The molecule has 0 aliphatic rings. The van der Waals surface area contributed by atoms with E-state index in [1.807, 2.05) is 0 Å². The Hall–Kier alpha value is -0.293. The third-order valence-electron chi connectivity index (χ3n) is 3.88. The number of hydrogen-bond donors (Lipinski definition) is 0. The van der Waals surface area contributed by atoms with Crippen molar-refractivity contribution in [3.63, 3.8) is 0 Å². The largest absolute Gasteiger partial charge is 0.359 e. The number of hydrogen-bond acceptors (Lipinski definition) is 6. The lowest BCUT2D eigenvalue weighted by molar-refractivity contribution is 0.0712. The molecule has 25 heavy (non-hydrogen) atoms. The quantitative estimate of drug-likeness (QED) is 0.356. The summed E-state index contributed by atoms with van der Waals surface area (Å²) in [7, 11) is -4.67. The van der Waals surface area contributed by atoms with Crippen LogP contribution in [0.1, 0.15) is 20.3 Å². The van der Waals surface area contributed by atoms with Crippen LogP contribution in [0, 0.1) is 0 Å². The van der Waals surface area contributed by atoms with Gasteiger partial charge >= 0.3 is 0 Å². The maximum Gasteiger partial charge on any atom is 0.248 e. The Labute approximate surface area is 161 Å². The lowest BCUT2D eigenvalue weighted by Gasteiger charge is -2.17. The first-order valence-electron chi connectivity index (χ1n) is 8.72. The molecule has 0 aromatic carbocycles. The van der Waals surface area contributed by atoms with Crippen LogP contribution in [-0.2, 0) is 21.3 Å². The second-order valence-electron chi connectivity index (χ2n) is 7.21. The predicted octanol–water partition coefficient (Wildman–Crippen LogP) is 2.86. The number of rotatable bonds is 12. The van der Waals surface area contributed by atoms with E-state index in [4.69, 9.17) is 4.74 Å². The minimum atomic E-state index is -3.49. The van der Waals surface area contributed by atoms with Crippen molar-refractivity contribution in [2.24, 2.45) is 0 Å². The van der Waals surface area contributed by atoms with Crippen molar-refractivity contribution in [1.29, 1.82) is 0 Å². The predicted molar refractivity (Wildman–Crippen MR) is 106 cm³/mol. The van der Waals surface area contributed by atoms with Crippen LogP contribution in [0.4, 0.5) is 0 Å². The van der Waals surface area contributed by atoms with E-state index < -0.39 is 17.9 Å². The van der Waals surface area contributed by atoms with Crippen LogP contribution in [0.25, 0.3) is 0 Å². The Kier molecular flexibility index (Phi) is 9.23. The van der Waals surface area contributed by atoms with Crippen LogP contribution in [-0.4, -0.2) is 68.2 Å². The van der Waals surface area contributed by atoms with Gasteiger partial charge in [-0.15, -0.1) is 5.10 Å². The molecule has 0 saturated heterocycles. The normalized spacial score (nSPS) is 12.9. The molecule has 1 aromatic rings. The molecular weight excluding hydrogens is 424 g/mol. The van der Waals surface area contributed by atoms with Gasteiger partial charge in [-0.05, 0) is 48.0 Å². The Balaban J connectivity index is 2.67. The first kappa shape index (κ1) is 22.7. The van der Waals surface area contributed by atoms with E-state index >= 15 is 0 Å². The van der Waals surface area contributed by atoms with E-state index in [-0.39, 0.29) is 22.4 Å². The Morgan fingerprint density at radius 1 is 1.24 bits per heavy atom. The summed E-state index contributed by atoms with van der Waals surface area (Å²) in [5.74, 6) is 0.0591. The van der Waals surface area contributed by atoms with E-state index in [0.717, 1.165) is 25.7 Å². The highest BCUT2D eigenvalue weighted by Crippen LogP contribution is 2.15. The van der Waals surface area contributed by atoms with Gasteiger partial charge in [-0.3, -0.25) is 0 Å². The lowest BCUT2D eigenvalue weighted by Crippen LogP contribution is -2.26. The molecule has 0 aliphatic heterocycles. The van der Waals surface area contributed by atoms with E-state index in [0.29, 0.717) is 13.0 Å². The molecule has 0 bridgehead atoms. The van der Waals surface area contributed by atoms with Gasteiger partial charge in [0.2, 0.25) is 19.7 Å². The summed E-state index contributed by atoms with van der Waals surface area (Å²) in [4.78, 5) is 6.25. The maximum absolute atomic E-state index is 12.6. The fourth-order valence-electron chi connectivity index (χ4n) is 2.25. The first-order valence-corrected chi connectivity index (χ1v) is 14.9. The summed E-state index contributed by atoms with van der Waals surface area (Å²) in [5, 5.41) is 4.08. The Morgan fingerprint density at radius 2 is 1.88 bits per heavy atom. The van der Waals surface area contributed by atoms with Gasteiger partial charge in [0, 0.05) is 14.7 Å². The number of aromatic nitrogens is 3. The molecule has 7 nitrogen and oxygen atoms in total. The number of nitrogens with zero attached hydrogens (tertiary/aromatic N) is 4. The van der Waals surface area contributed by atoms with E-state index in [1.54, 1.807) is 0 Å². The zero-order valence-electron chi connectivity index (χ0n) is 16.0. The number of sulfone groups is 1. The van der Waals surface area contributed by atoms with Gasteiger partial charge in [-0.1, -0.05) is 33.5 Å². The Morgan fingerprint density at radius 3 is 2.44 bits per heavy atom. The average Bonchev–Trinajstić information content (AvgIpc) is 2.89. The highest BCUT2D eigenvalue weighted by atomic mass is 79.9. The van der Waals surface area contributed by atoms with Gasteiger partial charge in [-0.25, -0.2) is 13.1 Å². The van der Waals surface area contributed by atoms with Gasteiger partial charge < -0.3 is 9.64 Å². The van der Waals surface area contributed by atoms with Gasteiger partial charge in [0.15, 0.2) is 0 Å². The van der Waals surface area contributed by atoms with E-state index in [1.165, 1.54) is 4.68 Å². The summed E-state index contributed by atoms with van der Waals surface area (Å²) >= 11 is 3.17. The summed E-state index contributed by atoms with van der Waals surface area (Å²) in [6.45, 7) is 14.3. The van der Waals surface area contributed by atoms with Crippen LogP contribution in [0.5, 0.6) is 0 Å². The van der Waals surface area contributed by atoms with Gasteiger partial charge in [-0.2, -0.15) is 4.98 Å². The molecule has 0 amide bonds. The van der Waals surface area contributed by atoms with E-state index in [9.17, 15) is 8.42 Å². The van der Waals surface area contributed by atoms with Gasteiger partial charge in [0.1, 0.15) is 6.73 Å². The van der Waals surface area contributed by atoms with Gasteiger partial charge in [0.05, 0.1) is 5.75 Å². The first-order chi connectivity index (χ1) is 11.6. The highest BCUT2D eigenvalue weighted by Gasteiger charge is 2.23. The molecule has 0 saturated carbocycles. The fraction of sp³-hybridized carbons (Fsp3) is 0.867. The summed E-state index contributed by atoms with van der Waals surface area (Å²) < 4.78 is 32.4. The molecule has 0 fully saturated rings. The second kappa shape index (κ2) is 10.1. The minimum absolute atomic E-state index is 0.0214. The molecule has 146 valence electrons. The molecular formula is C15H31BrN4O3SSi. The summed E-state index contributed by atoms with van der Waals surface area (Å²) in [6, 6.07) is 1.02. The average molecular weight is 455 g/mol. The Bertz CT molecular complexity index is 627. The van der Waals surface area contributed by atoms with Crippen molar-refractivity contribution in [2.45, 2.75) is 57.8 Å². The van der Waals surface area contributed by atoms with Crippen molar-refractivity contribution < 1.29 is 13.2 Å². The van der Waals surface area contributed by atoms with Crippen LogP contribution in [0.15, 0.2) is 9.89 Å². The fourth-order valence-corrected chi connectivity index (χ4v) is 4.82. The van der Waals surface area contributed by atoms with Crippen molar-refractivity contribution >= 4 is 33.8 Å². The molecule has 0 aliphatic carbocycles. The molecule has 0 atom stereocenters. The molecule has 0 radical (unpaired) electrons. The molecule has 1 rings (SSSR count). The molecule has 0 spiro atoms. The van der Waals surface area contributed by atoms with Crippen LogP contribution < -0.4 is 0 Å². The molecule has 0 unspecified atom stereocenters. The van der Waals surface area contributed by atoms with Gasteiger partial charge in [0.25, 0.3) is 0 Å². The smallest absolute Gasteiger partial charge is 0.248 e. The van der Waals surface area contributed by atoms with Crippen molar-refractivity contribution in [3.05, 3.63) is 4.73 Å². The molecule has 1 heterocycles. The van der Waals surface area contributed by atoms with Crippen LogP contribution in [0.2, 0.25) is 25.7 Å². The zero-order chi connectivity index (χ0) is 19.1. The minimum Gasteiger partial charge on any atom is -0.359 e.